The topological polar surface area (TPSA) is 63.6 Å². The van der Waals surface area contributed by atoms with Gasteiger partial charge in [0.15, 0.2) is 0 Å². The van der Waals surface area contributed by atoms with Gasteiger partial charge in [-0.05, 0) is 0 Å². The minimum atomic E-state index is -4.46. The van der Waals surface area contributed by atoms with Crippen LogP contribution in [0.25, 0.3) is 0 Å². The first kappa shape index (κ1) is 14.4. The second-order valence-electron chi connectivity index (χ2n) is 2.87. The van der Waals surface area contributed by atoms with Crippen LogP contribution in [0.3, 0.4) is 0 Å². The number of halogens is 3. The van der Waals surface area contributed by atoms with Crippen molar-refractivity contribution in [3.63, 3.8) is 0 Å². The van der Waals surface area contributed by atoms with E-state index in [1.165, 1.54) is 6.92 Å². The first-order chi connectivity index (χ1) is 6.72. The fourth-order valence-electron chi connectivity index (χ4n) is 0.695. The summed E-state index contributed by atoms with van der Waals surface area (Å²) in [5.74, 6) is -1.75. The molecule has 0 bridgehead atoms. The van der Waals surface area contributed by atoms with Gasteiger partial charge in [-0.25, -0.2) is 0 Å². The van der Waals surface area contributed by atoms with E-state index in [1.54, 1.807) is 0 Å². The molecule has 0 aliphatic rings. The maximum Gasteiger partial charge on any atom is 0.411 e. The number of ether oxygens (including phenoxy) is 1. The molecular formula is C7H11F3O4S. The van der Waals surface area contributed by atoms with Crippen LogP contribution < -0.4 is 0 Å². The fraction of sp³-hybridized carbons (Fsp3) is 0.857. The smallest absolute Gasteiger partial charge is 0.411 e. The third-order valence-corrected chi connectivity index (χ3v) is 2.84. The zero-order valence-electron chi connectivity index (χ0n) is 7.91. The molecule has 2 atom stereocenters. The Kier molecular flexibility index (Phi) is 5.81. The zero-order chi connectivity index (χ0) is 12.1. The molecule has 90 valence electrons. The van der Waals surface area contributed by atoms with Gasteiger partial charge in [0.25, 0.3) is 0 Å². The molecule has 15 heavy (non-hydrogen) atoms. The van der Waals surface area contributed by atoms with Crippen LogP contribution in [0, 0.1) is 0 Å². The Morgan fingerprint density at radius 1 is 1.53 bits per heavy atom. The summed E-state index contributed by atoms with van der Waals surface area (Å²) in [6.07, 6.45) is -4.82. The summed E-state index contributed by atoms with van der Waals surface area (Å²) in [5, 5.41) is 7.61. The summed E-state index contributed by atoms with van der Waals surface area (Å²) in [6.45, 7) is -0.0975. The maximum atomic E-state index is 11.6. The molecule has 4 nitrogen and oxygen atoms in total. The van der Waals surface area contributed by atoms with Crippen molar-refractivity contribution in [1.29, 1.82) is 0 Å². The van der Waals surface area contributed by atoms with Crippen LogP contribution in [-0.4, -0.2) is 39.3 Å². The van der Waals surface area contributed by atoms with E-state index in [4.69, 9.17) is 5.11 Å². The lowest BCUT2D eigenvalue weighted by molar-refractivity contribution is -0.169. The Hall–Kier alpha value is -0.630. The van der Waals surface area contributed by atoms with Crippen molar-refractivity contribution >= 4 is 16.8 Å². The molecule has 0 aromatic carbocycles. The molecule has 0 aromatic heterocycles. The lowest BCUT2D eigenvalue weighted by Crippen LogP contribution is -2.23. The van der Waals surface area contributed by atoms with Crippen LogP contribution >= 0.6 is 0 Å². The fourth-order valence-corrected chi connectivity index (χ4v) is 1.50. The van der Waals surface area contributed by atoms with E-state index in [0.29, 0.717) is 0 Å². The minimum Gasteiger partial charge on any atom is -0.481 e. The third-order valence-electron chi connectivity index (χ3n) is 1.38. The number of carboxylic acid groups (broad SMARTS) is 1. The van der Waals surface area contributed by atoms with Gasteiger partial charge < -0.3 is 9.84 Å². The van der Waals surface area contributed by atoms with Crippen molar-refractivity contribution in [2.45, 2.75) is 24.8 Å². The molecular weight excluding hydrogens is 237 g/mol. The number of hydrogen-bond acceptors (Lipinski definition) is 3. The van der Waals surface area contributed by atoms with Gasteiger partial charge in [-0.15, -0.1) is 0 Å². The van der Waals surface area contributed by atoms with Gasteiger partial charge in [0.1, 0.15) is 12.5 Å². The van der Waals surface area contributed by atoms with Gasteiger partial charge in [-0.1, -0.05) is 6.92 Å². The first-order valence-electron chi connectivity index (χ1n) is 3.96. The van der Waals surface area contributed by atoms with Crippen molar-refractivity contribution in [2.75, 3.05) is 12.5 Å². The monoisotopic (exact) mass is 248 g/mol. The molecule has 0 saturated carbocycles. The number of hydrogen-bond donors (Lipinski definition) is 1. The number of carboxylic acids is 1. The van der Waals surface area contributed by atoms with Crippen molar-refractivity contribution in [3.05, 3.63) is 0 Å². The quantitative estimate of drug-likeness (QED) is 0.765. The van der Waals surface area contributed by atoms with Crippen molar-refractivity contribution in [3.8, 4) is 0 Å². The first-order valence-corrected chi connectivity index (χ1v) is 5.34. The average molecular weight is 248 g/mol. The highest BCUT2D eigenvalue weighted by atomic mass is 32.2. The molecule has 0 aromatic rings. The molecule has 0 radical (unpaired) electrons. The largest absolute Gasteiger partial charge is 0.481 e. The summed E-state index contributed by atoms with van der Waals surface area (Å²) >= 11 is 0. The SMILES string of the molecule is CC(CC(=O)O)S(=O)COCC(F)(F)F. The van der Waals surface area contributed by atoms with E-state index in [9.17, 15) is 22.2 Å². The van der Waals surface area contributed by atoms with Gasteiger partial charge >= 0.3 is 12.1 Å². The van der Waals surface area contributed by atoms with E-state index in [1.807, 2.05) is 0 Å². The van der Waals surface area contributed by atoms with Gasteiger partial charge in [-0.3, -0.25) is 9.00 Å². The van der Waals surface area contributed by atoms with E-state index in [-0.39, 0.29) is 6.42 Å². The molecule has 0 aliphatic carbocycles. The number of rotatable bonds is 6. The molecule has 2 unspecified atom stereocenters. The molecule has 0 heterocycles. The molecule has 8 heteroatoms. The number of carbonyl (C=O) groups is 1. The van der Waals surface area contributed by atoms with E-state index >= 15 is 0 Å². The second-order valence-corrected chi connectivity index (χ2v) is 4.67. The molecule has 0 saturated heterocycles. The third kappa shape index (κ3) is 8.37. The molecule has 0 amide bonds. The summed E-state index contributed by atoms with van der Waals surface area (Å²) in [6, 6.07) is 0. The van der Waals surface area contributed by atoms with Crippen molar-refractivity contribution in [1.82, 2.24) is 0 Å². The lowest BCUT2D eigenvalue weighted by Gasteiger charge is -2.10. The average Bonchev–Trinajstić information content (AvgIpc) is 2.00. The normalized spacial score (nSPS) is 16.0. The summed E-state index contributed by atoms with van der Waals surface area (Å²) in [7, 11) is -1.72. The summed E-state index contributed by atoms with van der Waals surface area (Å²) in [4.78, 5) is 10.2. The van der Waals surface area contributed by atoms with E-state index in [2.05, 4.69) is 4.74 Å². The van der Waals surface area contributed by atoms with Crippen LogP contribution in [-0.2, 0) is 20.3 Å². The number of aliphatic carboxylic acids is 1. The molecule has 0 rings (SSSR count). The number of alkyl halides is 3. The maximum absolute atomic E-state index is 11.6. The second kappa shape index (κ2) is 6.06. The summed E-state index contributed by atoms with van der Waals surface area (Å²) in [5.41, 5.74) is 0. The molecule has 0 aliphatic heterocycles. The Morgan fingerprint density at radius 2 is 2.07 bits per heavy atom. The van der Waals surface area contributed by atoms with Crippen LogP contribution in [0.2, 0.25) is 0 Å². The predicted molar refractivity (Wildman–Crippen MR) is 46.7 cm³/mol. The van der Waals surface area contributed by atoms with Crippen LogP contribution in [0.5, 0.6) is 0 Å². The van der Waals surface area contributed by atoms with Gasteiger partial charge in [0.2, 0.25) is 0 Å². The van der Waals surface area contributed by atoms with Crippen molar-refractivity contribution < 1.29 is 32.0 Å². The Morgan fingerprint density at radius 3 is 2.47 bits per heavy atom. The highest BCUT2D eigenvalue weighted by Gasteiger charge is 2.28. The minimum absolute atomic E-state index is 0.359. The standard InChI is InChI=1S/C7H11F3O4S/c1-5(2-6(11)12)15(13)4-14-3-7(8,9)10/h5H,2-4H2,1H3,(H,11,12). The van der Waals surface area contributed by atoms with Gasteiger partial charge in [0, 0.05) is 5.25 Å². The summed E-state index contributed by atoms with van der Waals surface area (Å²) < 4.78 is 50.1. The predicted octanol–water partition coefficient (Wildman–Crippen LogP) is 1.13. The lowest BCUT2D eigenvalue weighted by atomic mass is 10.3. The Labute approximate surface area is 86.9 Å². The Balaban J connectivity index is 3.79. The van der Waals surface area contributed by atoms with Crippen LogP contribution in [0.4, 0.5) is 13.2 Å². The zero-order valence-corrected chi connectivity index (χ0v) is 8.73. The van der Waals surface area contributed by atoms with E-state index in [0.717, 1.165) is 0 Å². The van der Waals surface area contributed by atoms with E-state index < -0.39 is 40.7 Å². The molecule has 1 N–H and O–H groups in total. The van der Waals surface area contributed by atoms with Gasteiger partial charge in [0.05, 0.1) is 17.2 Å². The van der Waals surface area contributed by atoms with Crippen LogP contribution in [0.15, 0.2) is 0 Å². The van der Waals surface area contributed by atoms with Crippen LogP contribution in [0.1, 0.15) is 13.3 Å². The highest BCUT2D eigenvalue weighted by Crippen LogP contribution is 2.14. The molecule has 0 spiro atoms. The van der Waals surface area contributed by atoms with Crippen molar-refractivity contribution in [2.24, 2.45) is 0 Å². The molecule has 0 fully saturated rings. The Bertz CT molecular complexity index is 241. The highest BCUT2D eigenvalue weighted by molar-refractivity contribution is 7.85. The van der Waals surface area contributed by atoms with Gasteiger partial charge in [-0.2, -0.15) is 13.2 Å².